The summed E-state index contributed by atoms with van der Waals surface area (Å²) in [6.07, 6.45) is 0. The molecule has 0 saturated carbocycles. The van der Waals surface area contributed by atoms with Gasteiger partial charge in [0.1, 0.15) is 0 Å². The predicted octanol–water partition coefficient (Wildman–Crippen LogP) is -0.522. The van der Waals surface area contributed by atoms with Gasteiger partial charge in [0, 0.05) is 14.1 Å². The summed E-state index contributed by atoms with van der Waals surface area (Å²) >= 11 is 0. The summed E-state index contributed by atoms with van der Waals surface area (Å²) in [4.78, 5) is 1.50. The second-order valence-corrected chi connectivity index (χ2v) is 1.42. The van der Waals surface area contributed by atoms with Crippen LogP contribution in [0.15, 0.2) is 0 Å². The molecule has 0 saturated heterocycles. The Morgan fingerprint density at radius 2 is 1.33 bits per heavy atom. The second kappa shape index (κ2) is 2.21. The maximum Gasteiger partial charge on any atom is 0.206 e. The Morgan fingerprint density at radius 1 is 1.17 bits per heavy atom. The highest BCUT2D eigenvalue weighted by atomic mass is 15.5. The normalized spacial score (nSPS) is 10.8. The lowest BCUT2D eigenvalue weighted by atomic mass is 10.4. The van der Waals surface area contributed by atoms with E-state index in [-0.39, 0.29) is 0 Å². The van der Waals surface area contributed by atoms with Gasteiger partial charge in [0.05, 0.1) is 0 Å². The Labute approximate surface area is 40.1 Å². The van der Waals surface area contributed by atoms with Gasteiger partial charge in [0.15, 0.2) is 0 Å². The lowest BCUT2D eigenvalue weighted by Crippen LogP contribution is -2.30. The summed E-state index contributed by atoms with van der Waals surface area (Å²) in [5.41, 5.74) is 0. The summed E-state index contributed by atoms with van der Waals surface area (Å²) in [5.74, 6) is 0. The van der Waals surface area contributed by atoms with Crippen molar-refractivity contribution in [3.63, 3.8) is 0 Å². The number of nitrogens with zero attached hydrogens (tertiary/aromatic N) is 2. The molecular weight excluding hydrogens is 74.9 g/mol. The molecule has 0 heterocycles. The minimum atomic E-state index is 1.50. The van der Waals surface area contributed by atoms with E-state index in [0.717, 1.165) is 0 Å². The molecule has 6 heavy (non-hydrogen) atoms. The van der Waals surface area contributed by atoms with E-state index in [9.17, 15) is 0 Å². The van der Waals surface area contributed by atoms with Crippen molar-refractivity contribution in [1.29, 1.82) is 0 Å². The van der Waals surface area contributed by atoms with Gasteiger partial charge in [-0.05, 0) is 7.05 Å². The summed E-state index contributed by atoms with van der Waals surface area (Å²) in [6.45, 7) is 0. The molecular formula is C3H9BN2. The second-order valence-electron chi connectivity index (χ2n) is 1.42. The van der Waals surface area contributed by atoms with Gasteiger partial charge in [-0.1, -0.05) is 0 Å². The first-order chi connectivity index (χ1) is 2.64. The summed E-state index contributed by atoms with van der Waals surface area (Å²) in [6, 6.07) is 0. The highest BCUT2D eigenvalue weighted by Gasteiger charge is 1.84. The average molecular weight is 83.9 g/mol. The maximum atomic E-state index is 5.19. The van der Waals surface area contributed by atoms with Crippen molar-refractivity contribution in [2.75, 3.05) is 21.1 Å². The first-order valence-electron chi connectivity index (χ1n) is 1.80. The zero-order valence-electron chi connectivity index (χ0n) is 4.47. The molecule has 0 amide bonds. The van der Waals surface area contributed by atoms with Gasteiger partial charge in [-0.15, -0.1) is 0 Å². The van der Waals surface area contributed by atoms with Crippen molar-refractivity contribution < 1.29 is 0 Å². The molecule has 34 valence electrons. The fourth-order valence-corrected chi connectivity index (χ4v) is 0. The van der Waals surface area contributed by atoms with E-state index in [2.05, 4.69) is 0 Å². The SMILES string of the molecule is [B]N(C)N(C)C. The lowest BCUT2D eigenvalue weighted by molar-refractivity contribution is 0.166. The lowest BCUT2D eigenvalue weighted by Gasteiger charge is -2.18. The molecule has 0 rings (SSSR count). The van der Waals surface area contributed by atoms with Crippen LogP contribution in [-0.2, 0) is 0 Å². The molecule has 0 N–H and O–H groups in total. The van der Waals surface area contributed by atoms with E-state index < -0.39 is 0 Å². The van der Waals surface area contributed by atoms with Crippen LogP contribution in [0.3, 0.4) is 0 Å². The minimum Gasteiger partial charge on any atom is -0.299 e. The Balaban J connectivity index is 2.99. The van der Waals surface area contributed by atoms with Crippen LogP contribution in [0.5, 0.6) is 0 Å². The van der Waals surface area contributed by atoms with Gasteiger partial charge in [-0.25, -0.2) is 0 Å². The van der Waals surface area contributed by atoms with E-state index in [1.54, 1.807) is 12.1 Å². The molecule has 0 aliphatic rings. The Bertz CT molecular complexity index is 29.8. The topological polar surface area (TPSA) is 6.48 Å². The van der Waals surface area contributed by atoms with E-state index >= 15 is 0 Å². The first kappa shape index (κ1) is 5.98. The molecule has 3 heteroatoms. The molecule has 0 aliphatic carbocycles. The van der Waals surface area contributed by atoms with Crippen molar-refractivity contribution in [2.45, 2.75) is 0 Å². The standard InChI is InChI=1S/C3H9BN2/c1-5(2)6(3)4/h1-3H3. The number of hydrogen-bond acceptors (Lipinski definition) is 2. The van der Waals surface area contributed by atoms with Gasteiger partial charge < -0.3 is 0 Å². The van der Waals surface area contributed by atoms with Crippen molar-refractivity contribution in [3.8, 4) is 0 Å². The van der Waals surface area contributed by atoms with E-state index in [4.69, 9.17) is 7.98 Å². The summed E-state index contributed by atoms with van der Waals surface area (Å²) in [7, 11) is 10.7. The number of hydrogen-bond donors (Lipinski definition) is 0. The zero-order valence-corrected chi connectivity index (χ0v) is 4.47. The summed E-state index contributed by atoms with van der Waals surface area (Å²) in [5, 5.41) is 1.78. The van der Waals surface area contributed by atoms with E-state index in [1.165, 1.54) is 4.92 Å². The smallest absolute Gasteiger partial charge is 0.206 e. The third-order valence-corrected chi connectivity index (χ3v) is 0.631. The third-order valence-electron chi connectivity index (χ3n) is 0.631. The highest BCUT2D eigenvalue weighted by molar-refractivity contribution is 6.03. The van der Waals surface area contributed by atoms with Gasteiger partial charge >= 0.3 is 0 Å². The Kier molecular flexibility index (Phi) is 2.20. The quantitative estimate of drug-likeness (QED) is 0.311. The number of hydrazine groups is 1. The van der Waals surface area contributed by atoms with Gasteiger partial charge in [-0.3, -0.25) is 9.93 Å². The Hall–Kier alpha value is -0.0151. The number of rotatable bonds is 1. The van der Waals surface area contributed by atoms with Crippen molar-refractivity contribution in [1.82, 2.24) is 9.93 Å². The fraction of sp³-hybridized carbons (Fsp3) is 1.00. The van der Waals surface area contributed by atoms with Crippen molar-refractivity contribution in [2.24, 2.45) is 0 Å². The van der Waals surface area contributed by atoms with Crippen LogP contribution in [0.25, 0.3) is 0 Å². The van der Waals surface area contributed by atoms with Crippen LogP contribution in [0.1, 0.15) is 0 Å². The van der Waals surface area contributed by atoms with Crippen LogP contribution >= 0.6 is 0 Å². The molecule has 0 fully saturated rings. The van der Waals surface area contributed by atoms with Gasteiger partial charge in [-0.2, -0.15) is 0 Å². The highest BCUT2D eigenvalue weighted by Crippen LogP contribution is 1.71. The molecule has 0 spiro atoms. The molecule has 0 aliphatic heterocycles. The molecule has 0 unspecified atom stereocenters. The monoisotopic (exact) mass is 84.1 g/mol. The average Bonchev–Trinajstić information content (AvgIpc) is 1.36. The fourth-order valence-electron chi connectivity index (χ4n) is 0. The molecule has 0 aromatic heterocycles. The molecule has 2 nitrogen and oxygen atoms in total. The summed E-state index contributed by atoms with van der Waals surface area (Å²) < 4.78 is 0. The maximum absolute atomic E-state index is 5.19. The van der Waals surface area contributed by atoms with Crippen LogP contribution in [-0.4, -0.2) is 39.1 Å². The van der Waals surface area contributed by atoms with Gasteiger partial charge in [0.2, 0.25) is 7.98 Å². The molecule has 0 bridgehead atoms. The zero-order chi connectivity index (χ0) is 5.15. The first-order valence-corrected chi connectivity index (χ1v) is 1.80. The minimum absolute atomic E-state index is 1.50. The van der Waals surface area contributed by atoms with Crippen LogP contribution < -0.4 is 0 Å². The Morgan fingerprint density at radius 3 is 1.33 bits per heavy atom. The molecule has 2 radical (unpaired) electrons. The molecule has 0 atom stereocenters. The van der Waals surface area contributed by atoms with Crippen LogP contribution in [0.4, 0.5) is 0 Å². The van der Waals surface area contributed by atoms with E-state index in [0.29, 0.717) is 0 Å². The van der Waals surface area contributed by atoms with Gasteiger partial charge in [0.25, 0.3) is 0 Å². The third kappa shape index (κ3) is 2.24. The largest absolute Gasteiger partial charge is 0.299 e. The molecule has 0 aromatic carbocycles. The van der Waals surface area contributed by atoms with E-state index in [1.807, 2.05) is 14.1 Å². The molecule has 0 aromatic rings. The van der Waals surface area contributed by atoms with Crippen molar-refractivity contribution in [3.05, 3.63) is 0 Å². The predicted molar refractivity (Wildman–Crippen MR) is 27.2 cm³/mol. The van der Waals surface area contributed by atoms with Crippen LogP contribution in [0, 0.1) is 0 Å². The van der Waals surface area contributed by atoms with Crippen LogP contribution in [0.2, 0.25) is 0 Å². The van der Waals surface area contributed by atoms with Crippen molar-refractivity contribution >= 4 is 7.98 Å².